The molecule has 0 unspecified atom stereocenters. The number of fused-ring (bicyclic) bond motifs is 3. The van der Waals surface area contributed by atoms with E-state index in [4.69, 9.17) is 14.8 Å². The van der Waals surface area contributed by atoms with Gasteiger partial charge in [-0.15, -0.1) is 35.7 Å². The van der Waals surface area contributed by atoms with Gasteiger partial charge in [-0.05, 0) is 95.6 Å². The molecule has 0 bridgehead atoms. The molecule has 3 heterocycles. The van der Waals surface area contributed by atoms with Crippen LogP contribution < -0.4 is 4.74 Å². The van der Waals surface area contributed by atoms with Gasteiger partial charge in [0.05, 0.1) is 6.20 Å². The van der Waals surface area contributed by atoms with Crippen molar-refractivity contribution in [3.8, 4) is 34.1 Å². The fourth-order valence-corrected chi connectivity index (χ4v) is 6.59. The van der Waals surface area contributed by atoms with Gasteiger partial charge in [0.15, 0.2) is 0 Å². The fraction of sp³-hybridized carbons (Fsp3) is 0.238. The van der Waals surface area contributed by atoms with Crippen LogP contribution in [-0.2, 0) is 33.9 Å². The number of aromatic nitrogens is 4. The predicted molar refractivity (Wildman–Crippen MR) is 192 cm³/mol. The van der Waals surface area contributed by atoms with Crippen LogP contribution in [0.5, 0.6) is 11.5 Å². The number of rotatable bonds is 9. The van der Waals surface area contributed by atoms with Crippen LogP contribution in [0.2, 0.25) is 0 Å². The molecule has 0 aliphatic heterocycles. The number of hydrogen-bond donors (Lipinski definition) is 0. The molecule has 0 spiro atoms. The first kappa shape index (κ1) is 33.4. The first-order valence-electron chi connectivity index (χ1n) is 16.5. The molecule has 3 aromatic heterocycles. The number of pyridine rings is 1. The van der Waals surface area contributed by atoms with Crippen LogP contribution in [0, 0.1) is 37.8 Å². The summed E-state index contributed by atoms with van der Waals surface area (Å²) in [6.07, 6.45) is 8.03. The van der Waals surface area contributed by atoms with E-state index in [2.05, 4.69) is 113 Å². The van der Waals surface area contributed by atoms with Crippen LogP contribution in [-0.4, -0.2) is 19.3 Å². The van der Waals surface area contributed by atoms with Gasteiger partial charge in [-0.3, -0.25) is 4.68 Å². The van der Waals surface area contributed by atoms with Crippen molar-refractivity contribution in [1.29, 1.82) is 0 Å². The van der Waals surface area contributed by atoms with Gasteiger partial charge in [-0.1, -0.05) is 63.5 Å². The molecule has 0 aliphatic carbocycles. The second kappa shape index (κ2) is 13.9. The Kier molecular flexibility index (Phi) is 9.71. The molecular weight excluding hydrogens is 772 g/mol. The van der Waals surface area contributed by atoms with E-state index in [1.165, 1.54) is 22.3 Å². The SMILES string of the molecule is Cc1ccnc(-n2c3[c-]c(Oc4[c-]c(-n5cc(-c6c(CC(C)C)ccc(C)c6CC(C)C)cn5)ccc4)ccc3c3ccccc32)c1.[Pt+2]. The molecule has 0 amide bonds. The zero-order chi connectivity index (χ0) is 32.7. The Labute approximate surface area is 297 Å². The molecule has 0 radical (unpaired) electrons. The summed E-state index contributed by atoms with van der Waals surface area (Å²) in [5.41, 5.74) is 10.6. The van der Waals surface area contributed by atoms with Gasteiger partial charge in [0.25, 0.3) is 0 Å². The van der Waals surface area contributed by atoms with Crippen LogP contribution in [0.15, 0.2) is 97.5 Å². The normalized spacial score (nSPS) is 11.5. The summed E-state index contributed by atoms with van der Waals surface area (Å²) in [6.45, 7) is 13.4. The third-order valence-electron chi connectivity index (χ3n) is 8.65. The Morgan fingerprint density at radius 1 is 0.792 bits per heavy atom. The van der Waals surface area contributed by atoms with Crippen molar-refractivity contribution < 1.29 is 25.8 Å². The second-order valence-corrected chi connectivity index (χ2v) is 13.4. The van der Waals surface area contributed by atoms with Gasteiger partial charge in [-0.2, -0.15) is 17.2 Å². The van der Waals surface area contributed by atoms with Gasteiger partial charge < -0.3 is 9.30 Å². The van der Waals surface area contributed by atoms with Crippen molar-refractivity contribution in [2.75, 3.05) is 0 Å². The van der Waals surface area contributed by atoms with Crippen molar-refractivity contribution in [1.82, 2.24) is 19.3 Å². The Bertz CT molecular complexity index is 2230. The van der Waals surface area contributed by atoms with Crippen LogP contribution in [0.4, 0.5) is 0 Å². The fourth-order valence-electron chi connectivity index (χ4n) is 6.59. The smallest absolute Gasteiger partial charge is 0.509 e. The zero-order valence-corrected chi connectivity index (χ0v) is 30.6. The predicted octanol–water partition coefficient (Wildman–Crippen LogP) is 10.4. The Morgan fingerprint density at radius 2 is 1.58 bits per heavy atom. The minimum absolute atomic E-state index is 0. The molecule has 0 N–H and O–H groups in total. The molecule has 48 heavy (non-hydrogen) atoms. The maximum absolute atomic E-state index is 6.41. The number of benzene rings is 4. The largest absolute Gasteiger partial charge is 2.00 e. The van der Waals surface area contributed by atoms with Crippen molar-refractivity contribution in [2.45, 2.75) is 54.4 Å². The van der Waals surface area contributed by atoms with E-state index in [0.717, 1.165) is 57.3 Å². The molecule has 6 heteroatoms. The van der Waals surface area contributed by atoms with Crippen LogP contribution >= 0.6 is 0 Å². The van der Waals surface area contributed by atoms with Gasteiger partial charge >= 0.3 is 21.1 Å². The van der Waals surface area contributed by atoms with Gasteiger partial charge in [0.2, 0.25) is 0 Å². The van der Waals surface area contributed by atoms with Crippen molar-refractivity contribution in [3.63, 3.8) is 0 Å². The van der Waals surface area contributed by atoms with Crippen molar-refractivity contribution in [3.05, 3.63) is 132 Å². The average Bonchev–Trinajstić information content (AvgIpc) is 3.65. The first-order chi connectivity index (χ1) is 22.7. The van der Waals surface area contributed by atoms with Crippen LogP contribution in [0.1, 0.15) is 49.9 Å². The summed E-state index contributed by atoms with van der Waals surface area (Å²) in [4.78, 5) is 4.69. The van der Waals surface area contributed by atoms with E-state index in [1.807, 2.05) is 47.4 Å². The number of aryl methyl sites for hydroxylation is 2. The summed E-state index contributed by atoms with van der Waals surface area (Å²) < 4.78 is 10.5. The zero-order valence-electron chi connectivity index (χ0n) is 28.3. The van der Waals surface area contributed by atoms with Crippen molar-refractivity contribution in [2.24, 2.45) is 11.8 Å². The molecule has 0 saturated carbocycles. The van der Waals surface area contributed by atoms with Gasteiger partial charge in [0.1, 0.15) is 5.82 Å². The van der Waals surface area contributed by atoms with Crippen LogP contribution in [0.25, 0.3) is 44.4 Å². The Balaban J connectivity index is 0.00000401. The monoisotopic (exact) mass is 811 g/mol. The summed E-state index contributed by atoms with van der Waals surface area (Å²) in [7, 11) is 0. The van der Waals surface area contributed by atoms with E-state index in [-0.39, 0.29) is 21.1 Å². The maximum atomic E-state index is 6.41. The maximum Gasteiger partial charge on any atom is 2.00 e. The number of para-hydroxylation sites is 1. The molecule has 7 aromatic rings. The minimum atomic E-state index is 0. The summed E-state index contributed by atoms with van der Waals surface area (Å²) in [5.74, 6) is 3.19. The molecule has 7 rings (SSSR count). The number of ether oxygens (including phenoxy) is 1. The minimum Gasteiger partial charge on any atom is -0.509 e. The number of nitrogens with zero attached hydrogens (tertiary/aromatic N) is 4. The molecule has 0 fully saturated rings. The molecule has 0 atom stereocenters. The molecule has 244 valence electrons. The molecule has 0 aliphatic rings. The third kappa shape index (κ3) is 6.62. The Hall–Kier alpha value is -4.47. The molecule has 4 aromatic carbocycles. The average molecular weight is 812 g/mol. The van der Waals surface area contributed by atoms with Gasteiger partial charge in [0, 0.05) is 35.0 Å². The number of hydrogen-bond acceptors (Lipinski definition) is 3. The second-order valence-electron chi connectivity index (χ2n) is 13.4. The molecule has 5 nitrogen and oxygen atoms in total. The Morgan fingerprint density at radius 3 is 2.38 bits per heavy atom. The molecule has 0 saturated heterocycles. The summed E-state index contributed by atoms with van der Waals surface area (Å²) in [6, 6.07) is 34.1. The van der Waals surface area contributed by atoms with Crippen molar-refractivity contribution >= 4 is 21.8 Å². The van der Waals surface area contributed by atoms with Crippen LogP contribution in [0.3, 0.4) is 0 Å². The first-order valence-corrected chi connectivity index (χ1v) is 16.5. The van der Waals surface area contributed by atoms with Gasteiger partial charge in [-0.25, -0.2) is 4.98 Å². The summed E-state index contributed by atoms with van der Waals surface area (Å²) in [5, 5.41) is 7.06. The summed E-state index contributed by atoms with van der Waals surface area (Å²) >= 11 is 0. The quantitative estimate of drug-likeness (QED) is 0.136. The van der Waals surface area contributed by atoms with E-state index in [1.54, 1.807) is 0 Å². The van der Waals surface area contributed by atoms with E-state index >= 15 is 0 Å². The standard InChI is InChI=1S/C42H40N4O.Pt/c1-27(2)20-31-15-14-30(6)38(21-28(3)4)42(31)32-25-44-45(26-32)33-10-9-11-34(23-33)47-35-16-17-37-36-12-7-8-13-39(36)46(40(37)24-35)41-22-29(5)18-19-43-41;/h7-19,22,25-28H,20-21H2,1-6H3;/q-2;+2. The molecular formula is C42H40N4OPt. The van der Waals surface area contributed by atoms with E-state index in [0.29, 0.717) is 23.3 Å². The van der Waals surface area contributed by atoms with E-state index < -0.39 is 0 Å². The van der Waals surface area contributed by atoms with E-state index in [9.17, 15) is 0 Å². The topological polar surface area (TPSA) is 44.9 Å². The third-order valence-corrected chi connectivity index (χ3v) is 8.65.